The van der Waals surface area contributed by atoms with E-state index in [1.54, 1.807) is 18.2 Å². The number of benzene rings is 3. The molecule has 2 aliphatic carbocycles. The number of allylic oxidation sites excluding steroid dienone is 4. The molecule has 0 bridgehead atoms. The topological polar surface area (TPSA) is 9.23 Å². The molecule has 0 N–H and O–H groups in total. The van der Waals surface area contributed by atoms with Crippen LogP contribution in [0.1, 0.15) is 63.9 Å². The van der Waals surface area contributed by atoms with Crippen molar-refractivity contribution in [2.45, 2.75) is 58.3 Å². The van der Waals surface area contributed by atoms with Crippen molar-refractivity contribution in [1.29, 1.82) is 0 Å². The molecule has 3 aromatic rings. The molecule has 1 saturated carbocycles. The SMILES string of the molecule is C=CC1CCC(C2CC=C(c3ccc(-c4ccc(-c5ccc(OCC/C=C\C)c(F)c5F)cc4)cc3F)CC2)CC1. The number of hydrogen-bond acceptors (Lipinski definition) is 1. The number of halogens is 3. The predicted octanol–water partition coefficient (Wildman–Crippen LogP) is 11.0. The first-order valence-electron chi connectivity index (χ1n) is 14.9. The Morgan fingerprint density at radius 3 is 2.17 bits per heavy atom. The summed E-state index contributed by atoms with van der Waals surface area (Å²) in [5.74, 6) is -0.0849. The van der Waals surface area contributed by atoms with Crippen LogP contribution in [0.4, 0.5) is 13.2 Å². The molecular formula is C37H39F3O. The number of rotatable bonds is 9. The molecule has 0 radical (unpaired) electrons. The minimum absolute atomic E-state index is 0.0952. The monoisotopic (exact) mass is 556 g/mol. The van der Waals surface area contributed by atoms with Gasteiger partial charge in [-0.3, -0.25) is 0 Å². The molecular weight excluding hydrogens is 517 g/mol. The summed E-state index contributed by atoms with van der Waals surface area (Å²) in [7, 11) is 0. The Labute approximate surface area is 242 Å². The van der Waals surface area contributed by atoms with Gasteiger partial charge in [0.05, 0.1) is 6.61 Å². The van der Waals surface area contributed by atoms with Gasteiger partial charge in [0.15, 0.2) is 11.6 Å². The summed E-state index contributed by atoms with van der Waals surface area (Å²) in [4.78, 5) is 0. The lowest BCUT2D eigenvalue weighted by molar-refractivity contribution is 0.212. The molecule has 214 valence electrons. The van der Waals surface area contributed by atoms with E-state index in [1.807, 2.05) is 43.3 Å². The summed E-state index contributed by atoms with van der Waals surface area (Å²) in [5, 5.41) is 0. The van der Waals surface area contributed by atoms with Crippen LogP contribution in [-0.4, -0.2) is 6.61 Å². The van der Waals surface area contributed by atoms with Gasteiger partial charge < -0.3 is 4.74 Å². The Balaban J connectivity index is 1.25. The van der Waals surface area contributed by atoms with Crippen LogP contribution < -0.4 is 4.74 Å². The van der Waals surface area contributed by atoms with Crippen molar-refractivity contribution in [2.75, 3.05) is 6.61 Å². The number of ether oxygens (including phenoxy) is 1. The second-order valence-electron chi connectivity index (χ2n) is 11.4. The highest BCUT2D eigenvalue weighted by Crippen LogP contribution is 2.42. The van der Waals surface area contributed by atoms with E-state index in [9.17, 15) is 8.78 Å². The molecule has 1 fully saturated rings. The van der Waals surface area contributed by atoms with Crippen molar-refractivity contribution in [2.24, 2.45) is 17.8 Å². The maximum Gasteiger partial charge on any atom is 0.201 e. The standard InChI is InChI=1S/C37H39F3O/c1-3-5-6-23-41-35-22-21-33(36(39)37(35)40)30-17-13-28(14-18-30)31-19-20-32(34(38)24-31)29-15-11-27(12-16-29)26-9-7-25(4-2)8-10-26/h3-5,13-15,17-22,24-27H,2,6-12,16,23H2,1H3/b5-3-. The third-order valence-corrected chi connectivity index (χ3v) is 8.94. The maximum atomic E-state index is 15.3. The molecule has 0 amide bonds. The van der Waals surface area contributed by atoms with Crippen LogP contribution in [0.3, 0.4) is 0 Å². The van der Waals surface area contributed by atoms with Crippen molar-refractivity contribution in [3.05, 3.63) is 108 Å². The Hall–Kier alpha value is -3.53. The summed E-state index contributed by atoms with van der Waals surface area (Å²) in [6.07, 6.45) is 16.9. The van der Waals surface area contributed by atoms with Crippen LogP contribution in [0, 0.1) is 35.2 Å². The van der Waals surface area contributed by atoms with Crippen LogP contribution in [0.15, 0.2) is 85.5 Å². The Bertz CT molecular complexity index is 1410. The van der Waals surface area contributed by atoms with Gasteiger partial charge in [0.1, 0.15) is 5.82 Å². The molecule has 0 aliphatic heterocycles. The van der Waals surface area contributed by atoms with E-state index in [2.05, 4.69) is 18.7 Å². The fourth-order valence-corrected chi connectivity index (χ4v) is 6.45. The van der Waals surface area contributed by atoms with Gasteiger partial charge in [-0.05, 0) is 117 Å². The lowest BCUT2D eigenvalue weighted by atomic mass is 9.71. The molecule has 1 unspecified atom stereocenters. The first-order valence-corrected chi connectivity index (χ1v) is 14.9. The predicted molar refractivity (Wildman–Crippen MR) is 163 cm³/mol. The van der Waals surface area contributed by atoms with Crippen molar-refractivity contribution in [1.82, 2.24) is 0 Å². The van der Waals surface area contributed by atoms with Gasteiger partial charge in [0, 0.05) is 11.1 Å². The summed E-state index contributed by atoms with van der Waals surface area (Å²) in [5.41, 5.74) is 4.06. The Kier molecular flexibility index (Phi) is 9.49. The Morgan fingerprint density at radius 2 is 1.51 bits per heavy atom. The molecule has 4 heteroatoms. The Morgan fingerprint density at radius 1 is 0.805 bits per heavy atom. The second-order valence-corrected chi connectivity index (χ2v) is 11.4. The smallest absolute Gasteiger partial charge is 0.201 e. The van der Waals surface area contributed by atoms with Gasteiger partial charge >= 0.3 is 0 Å². The molecule has 1 nitrogen and oxygen atoms in total. The molecule has 1 atom stereocenters. The van der Waals surface area contributed by atoms with E-state index in [1.165, 1.54) is 37.8 Å². The zero-order chi connectivity index (χ0) is 28.8. The van der Waals surface area contributed by atoms with Crippen LogP contribution >= 0.6 is 0 Å². The van der Waals surface area contributed by atoms with E-state index >= 15 is 4.39 Å². The van der Waals surface area contributed by atoms with E-state index in [4.69, 9.17) is 4.74 Å². The second kappa shape index (κ2) is 13.4. The van der Waals surface area contributed by atoms with Gasteiger partial charge in [-0.15, -0.1) is 6.58 Å². The molecule has 0 aromatic heterocycles. The third-order valence-electron chi connectivity index (χ3n) is 8.94. The lowest BCUT2D eigenvalue weighted by Gasteiger charge is -2.34. The third kappa shape index (κ3) is 6.69. The zero-order valence-electron chi connectivity index (χ0n) is 23.9. The first kappa shape index (κ1) is 29.0. The minimum Gasteiger partial charge on any atom is -0.490 e. The van der Waals surface area contributed by atoms with Gasteiger partial charge in [-0.25, -0.2) is 8.78 Å². The van der Waals surface area contributed by atoms with E-state index in [0.29, 0.717) is 29.4 Å². The highest BCUT2D eigenvalue weighted by molar-refractivity contribution is 5.74. The summed E-state index contributed by atoms with van der Waals surface area (Å²) in [6, 6.07) is 15.5. The van der Waals surface area contributed by atoms with Gasteiger partial charge in [0.2, 0.25) is 5.82 Å². The lowest BCUT2D eigenvalue weighted by Crippen LogP contribution is -2.22. The number of hydrogen-bond donors (Lipinski definition) is 0. The molecule has 0 saturated heterocycles. The van der Waals surface area contributed by atoms with E-state index in [0.717, 1.165) is 41.9 Å². The molecule has 0 spiro atoms. The average molecular weight is 557 g/mol. The van der Waals surface area contributed by atoms with Crippen molar-refractivity contribution >= 4 is 5.57 Å². The summed E-state index contributed by atoms with van der Waals surface area (Å²) >= 11 is 0. The van der Waals surface area contributed by atoms with Crippen molar-refractivity contribution in [3.8, 4) is 28.0 Å². The molecule has 3 aromatic carbocycles. The van der Waals surface area contributed by atoms with Crippen LogP contribution in [-0.2, 0) is 0 Å². The van der Waals surface area contributed by atoms with Crippen molar-refractivity contribution < 1.29 is 17.9 Å². The minimum atomic E-state index is -0.992. The van der Waals surface area contributed by atoms with Crippen molar-refractivity contribution in [3.63, 3.8) is 0 Å². The highest BCUT2D eigenvalue weighted by atomic mass is 19.2. The fraction of sp³-hybridized carbons (Fsp3) is 0.351. The van der Waals surface area contributed by atoms with Gasteiger partial charge in [-0.2, -0.15) is 4.39 Å². The summed E-state index contributed by atoms with van der Waals surface area (Å²) < 4.78 is 50.2. The van der Waals surface area contributed by atoms with Crippen LogP contribution in [0.5, 0.6) is 5.75 Å². The van der Waals surface area contributed by atoms with Gasteiger partial charge in [0.25, 0.3) is 0 Å². The highest BCUT2D eigenvalue weighted by Gasteiger charge is 2.28. The maximum absolute atomic E-state index is 15.3. The normalized spacial score (nSPS) is 21.1. The largest absolute Gasteiger partial charge is 0.490 e. The average Bonchev–Trinajstić information content (AvgIpc) is 3.01. The van der Waals surface area contributed by atoms with E-state index in [-0.39, 0.29) is 23.7 Å². The van der Waals surface area contributed by atoms with E-state index < -0.39 is 11.6 Å². The molecule has 5 rings (SSSR count). The van der Waals surface area contributed by atoms with Gasteiger partial charge in [-0.1, -0.05) is 60.7 Å². The van der Waals surface area contributed by atoms with Crippen LogP contribution in [0.2, 0.25) is 0 Å². The quantitative estimate of drug-likeness (QED) is 0.188. The first-order chi connectivity index (χ1) is 20.0. The molecule has 2 aliphatic rings. The molecule has 0 heterocycles. The summed E-state index contributed by atoms with van der Waals surface area (Å²) in [6.45, 7) is 6.13. The fourth-order valence-electron chi connectivity index (χ4n) is 6.45. The van der Waals surface area contributed by atoms with Crippen LogP contribution in [0.25, 0.3) is 27.8 Å². The molecule has 41 heavy (non-hydrogen) atoms. The zero-order valence-corrected chi connectivity index (χ0v) is 23.9.